The maximum atomic E-state index is 13.0. The number of nitrogens with zero attached hydrogens (tertiary/aromatic N) is 2. The summed E-state index contributed by atoms with van der Waals surface area (Å²) in [5, 5.41) is 2.75. The van der Waals surface area contributed by atoms with Crippen LogP contribution in [0.15, 0.2) is 82.4 Å². The van der Waals surface area contributed by atoms with Gasteiger partial charge in [0.05, 0.1) is 23.3 Å². The van der Waals surface area contributed by atoms with Gasteiger partial charge < -0.3 is 10.1 Å². The molecule has 7 nitrogen and oxygen atoms in total. The van der Waals surface area contributed by atoms with E-state index in [9.17, 15) is 23.2 Å². The van der Waals surface area contributed by atoms with Crippen LogP contribution in [0.2, 0.25) is 5.02 Å². The highest BCUT2D eigenvalue weighted by atomic mass is 35.5. The van der Waals surface area contributed by atoms with Gasteiger partial charge in [-0.05, 0) is 35.9 Å². The molecular weight excluding hydrogens is 468 g/mol. The van der Waals surface area contributed by atoms with Gasteiger partial charge in [-0.2, -0.15) is 8.78 Å². The number of nitrogens with one attached hydrogen (secondary N) is 1. The zero-order chi connectivity index (χ0) is 24.2. The number of alkyl halides is 2. The Morgan fingerprint density at radius 1 is 0.912 bits per heavy atom. The number of hydrogen-bond donors (Lipinski definition) is 1. The van der Waals surface area contributed by atoms with Crippen LogP contribution in [0.4, 0.5) is 14.5 Å². The molecule has 4 rings (SSSR count). The normalized spacial score (nSPS) is 11.1. The number of carbonyl (C=O) groups is 1. The third-order valence-corrected chi connectivity index (χ3v) is 5.29. The molecule has 174 valence electrons. The molecule has 0 atom stereocenters. The van der Waals surface area contributed by atoms with Crippen LogP contribution in [0.5, 0.6) is 5.75 Å². The highest BCUT2D eigenvalue weighted by molar-refractivity contribution is 6.31. The van der Waals surface area contributed by atoms with E-state index in [2.05, 4.69) is 10.1 Å². The van der Waals surface area contributed by atoms with Crippen molar-refractivity contribution in [1.82, 2.24) is 9.13 Å². The highest BCUT2D eigenvalue weighted by Crippen LogP contribution is 2.25. The Morgan fingerprint density at radius 2 is 1.59 bits per heavy atom. The zero-order valence-electron chi connectivity index (χ0n) is 17.6. The van der Waals surface area contributed by atoms with Crippen LogP contribution in [0, 0.1) is 0 Å². The van der Waals surface area contributed by atoms with Crippen LogP contribution in [-0.4, -0.2) is 21.7 Å². The van der Waals surface area contributed by atoms with Crippen molar-refractivity contribution in [2.24, 2.45) is 0 Å². The number of carbonyl (C=O) groups excluding carboxylic acids is 1. The Morgan fingerprint density at radius 3 is 2.32 bits per heavy atom. The van der Waals surface area contributed by atoms with E-state index in [0.717, 1.165) is 10.1 Å². The van der Waals surface area contributed by atoms with Crippen molar-refractivity contribution in [3.63, 3.8) is 0 Å². The lowest BCUT2D eigenvalue weighted by molar-refractivity contribution is -0.116. The SMILES string of the molecule is O=C(Cn1c(=O)c(=O)n(Cc2ccccc2)c2ccc(Cl)cc21)Nc1ccccc1OC(F)F. The fourth-order valence-electron chi connectivity index (χ4n) is 3.57. The van der Waals surface area contributed by atoms with Crippen molar-refractivity contribution in [3.8, 4) is 5.75 Å². The second-order valence-corrected chi connectivity index (χ2v) is 7.76. The Labute approximate surface area is 196 Å². The molecule has 0 saturated heterocycles. The van der Waals surface area contributed by atoms with E-state index in [1.54, 1.807) is 12.1 Å². The first kappa shape index (κ1) is 23.2. The summed E-state index contributed by atoms with van der Waals surface area (Å²) in [6, 6.07) is 19.4. The molecule has 0 aliphatic heterocycles. The molecule has 0 bridgehead atoms. The number of hydrogen-bond acceptors (Lipinski definition) is 4. The van der Waals surface area contributed by atoms with Crippen molar-refractivity contribution < 1.29 is 18.3 Å². The molecular formula is C24H18ClF2N3O4. The van der Waals surface area contributed by atoms with Crippen molar-refractivity contribution in [3.05, 3.63) is 104 Å². The lowest BCUT2D eigenvalue weighted by Gasteiger charge is -2.16. The summed E-state index contributed by atoms with van der Waals surface area (Å²) in [6.07, 6.45) is 0. The van der Waals surface area contributed by atoms with Crippen molar-refractivity contribution >= 4 is 34.2 Å². The summed E-state index contributed by atoms with van der Waals surface area (Å²) in [6.45, 7) is -3.47. The number of amides is 1. The Bertz CT molecular complexity index is 1470. The molecule has 1 heterocycles. The molecule has 3 aromatic carbocycles. The monoisotopic (exact) mass is 485 g/mol. The van der Waals surface area contributed by atoms with Gasteiger partial charge in [0, 0.05) is 5.02 Å². The lowest BCUT2D eigenvalue weighted by Crippen LogP contribution is -2.43. The number of anilines is 1. The number of aromatic nitrogens is 2. The molecule has 0 aliphatic carbocycles. The first-order valence-electron chi connectivity index (χ1n) is 10.1. The van der Waals surface area contributed by atoms with E-state index >= 15 is 0 Å². The zero-order valence-corrected chi connectivity index (χ0v) is 18.3. The average Bonchev–Trinajstić information content (AvgIpc) is 2.81. The number of benzene rings is 3. The third kappa shape index (κ3) is 4.99. The fourth-order valence-corrected chi connectivity index (χ4v) is 3.74. The van der Waals surface area contributed by atoms with Crippen LogP contribution in [0.3, 0.4) is 0 Å². The summed E-state index contributed by atoms with van der Waals surface area (Å²) in [5.74, 6) is -0.946. The second kappa shape index (κ2) is 9.88. The van der Waals surface area contributed by atoms with Crippen LogP contribution < -0.4 is 21.2 Å². The first-order valence-corrected chi connectivity index (χ1v) is 10.5. The fraction of sp³-hybridized carbons (Fsp3) is 0.125. The van der Waals surface area contributed by atoms with Crippen molar-refractivity contribution in [2.45, 2.75) is 19.7 Å². The molecule has 10 heteroatoms. The summed E-state index contributed by atoms with van der Waals surface area (Å²) < 4.78 is 32.1. The minimum absolute atomic E-state index is 0.000562. The molecule has 0 saturated carbocycles. The van der Waals surface area contributed by atoms with Gasteiger partial charge in [0.2, 0.25) is 5.91 Å². The largest absolute Gasteiger partial charge is 0.433 e. The molecule has 0 fully saturated rings. The van der Waals surface area contributed by atoms with Gasteiger partial charge in [-0.15, -0.1) is 0 Å². The average molecular weight is 486 g/mol. The van der Waals surface area contributed by atoms with E-state index in [1.165, 1.54) is 34.9 Å². The van der Waals surface area contributed by atoms with Gasteiger partial charge in [-0.3, -0.25) is 23.5 Å². The van der Waals surface area contributed by atoms with Gasteiger partial charge in [0.15, 0.2) is 0 Å². The molecule has 0 radical (unpaired) electrons. The van der Waals surface area contributed by atoms with Gasteiger partial charge in [-0.25, -0.2) is 0 Å². The number of halogens is 3. The Kier molecular flexibility index (Phi) is 6.74. The van der Waals surface area contributed by atoms with Crippen LogP contribution >= 0.6 is 11.6 Å². The van der Waals surface area contributed by atoms with Crippen LogP contribution in [0.25, 0.3) is 11.0 Å². The Hall–Kier alpha value is -3.98. The van der Waals surface area contributed by atoms with E-state index in [1.807, 2.05) is 30.3 Å². The van der Waals surface area contributed by atoms with Gasteiger partial charge >= 0.3 is 17.7 Å². The summed E-state index contributed by atoms with van der Waals surface area (Å²) in [7, 11) is 0. The number of para-hydroxylation sites is 2. The third-order valence-electron chi connectivity index (χ3n) is 5.05. The van der Waals surface area contributed by atoms with E-state index in [4.69, 9.17) is 11.6 Å². The number of rotatable bonds is 7. The quantitative estimate of drug-likeness (QED) is 0.399. The minimum atomic E-state index is -3.08. The van der Waals surface area contributed by atoms with Gasteiger partial charge in [0.25, 0.3) is 0 Å². The van der Waals surface area contributed by atoms with Gasteiger partial charge in [-0.1, -0.05) is 54.1 Å². The van der Waals surface area contributed by atoms with Crippen molar-refractivity contribution in [2.75, 3.05) is 5.32 Å². The first-order chi connectivity index (χ1) is 16.3. The summed E-state index contributed by atoms with van der Waals surface area (Å²) in [5.41, 5.74) is -0.231. The van der Waals surface area contributed by atoms with Gasteiger partial charge in [0.1, 0.15) is 12.3 Å². The molecule has 4 aromatic rings. The predicted octanol–water partition coefficient (Wildman–Crippen LogP) is 4.11. The summed E-state index contributed by atoms with van der Waals surface area (Å²) in [4.78, 5) is 38.7. The predicted molar refractivity (Wildman–Crippen MR) is 125 cm³/mol. The number of ether oxygens (including phenoxy) is 1. The van der Waals surface area contributed by atoms with E-state index in [0.29, 0.717) is 10.5 Å². The molecule has 34 heavy (non-hydrogen) atoms. The summed E-state index contributed by atoms with van der Waals surface area (Å²) >= 11 is 6.14. The minimum Gasteiger partial charge on any atom is -0.433 e. The standard InChI is InChI=1S/C24H18ClF2N3O4/c25-16-10-11-18-19(12-16)30(23(33)22(32)29(18)13-15-6-2-1-3-7-15)14-21(31)28-17-8-4-5-9-20(17)34-24(26)27/h1-12,24H,13-14H2,(H,28,31). The van der Waals surface area contributed by atoms with E-state index in [-0.39, 0.29) is 23.5 Å². The molecule has 0 unspecified atom stereocenters. The van der Waals surface area contributed by atoms with Crippen LogP contribution in [-0.2, 0) is 17.9 Å². The van der Waals surface area contributed by atoms with E-state index < -0.39 is 30.2 Å². The maximum Gasteiger partial charge on any atom is 0.387 e. The maximum absolute atomic E-state index is 13.0. The molecule has 1 N–H and O–H groups in total. The Balaban J connectivity index is 1.73. The second-order valence-electron chi connectivity index (χ2n) is 7.32. The topological polar surface area (TPSA) is 82.3 Å². The molecule has 1 amide bonds. The molecule has 1 aromatic heterocycles. The number of fused-ring (bicyclic) bond motifs is 1. The molecule has 0 aliphatic rings. The smallest absolute Gasteiger partial charge is 0.387 e. The lowest BCUT2D eigenvalue weighted by atomic mass is 10.2. The molecule has 0 spiro atoms. The van der Waals surface area contributed by atoms with Crippen LogP contribution in [0.1, 0.15) is 5.56 Å². The van der Waals surface area contributed by atoms with Crippen molar-refractivity contribution in [1.29, 1.82) is 0 Å². The highest BCUT2D eigenvalue weighted by Gasteiger charge is 2.18.